The minimum atomic E-state index is 0.250. The van der Waals surface area contributed by atoms with Gasteiger partial charge in [-0.05, 0) is 50.8 Å². The van der Waals surface area contributed by atoms with E-state index in [0.29, 0.717) is 18.2 Å². The third-order valence-electron chi connectivity index (χ3n) is 3.26. The van der Waals surface area contributed by atoms with Crippen LogP contribution >= 0.6 is 11.8 Å². The number of nitrogens with zero attached hydrogens (tertiary/aromatic N) is 1. The van der Waals surface area contributed by atoms with Gasteiger partial charge in [-0.15, -0.1) is 0 Å². The average molecular weight is 270 g/mol. The highest BCUT2D eigenvalue weighted by Gasteiger charge is 2.17. The van der Waals surface area contributed by atoms with Crippen molar-refractivity contribution in [2.75, 3.05) is 24.6 Å². The molecule has 18 heavy (non-hydrogen) atoms. The number of rotatable bonds is 7. The molecule has 0 saturated carbocycles. The van der Waals surface area contributed by atoms with Crippen LogP contribution in [-0.2, 0) is 4.79 Å². The van der Waals surface area contributed by atoms with E-state index in [2.05, 4.69) is 19.9 Å². The van der Waals surface area contributed by atoms with Gasteiger partial charge < -0.3 is 10.6 Å². The number of hydrogen-bond donors (Lipinski definition) is 1. The lowest BCUT2D eigenvalue weighted by molar-refractivity contribution is -0.126. The molecule has 0 heterocycles. The Kier molecular flexibility index (Phi) is 7.44. The zero-order valence-corrected chi connectivity index (χ0v) is 12.5. The molecule has 0 aromatic rings. The fraction of sp³-hybridized carbons (Fsp3) is 0.786. The molecule has 2 N–H and O–H groups in total. The Bertz CT molecular complexity index is 292. The highest BCUT2D eigenvalue weighted by Crippen LogP contribution is 2.21. The number of carbonyl (C=O) groups excluding carboxylic acids is 1. The maximum atomic E-state index is 12.2. The third-order valence-corrected chi connectivity index (χ3v) is 4.52. The summed E-state index contributed by atoms with van der Waals surface area (Å²) in [6.45, 7) is 5.67. The van der Waals surface area contributed by atoms with E-state index in [0.717, 1.165) is 25.1 Å². The SMILES string of the molecule is CCN(C(=O)CSCC(C)CN)C1=CCCCC1. The summed E-state index contributed by atoms with van der Waals surface area (Å²) in [6.07, 6.45) is 6.89. The van der Waals surface area contributed by atoms with Crippen molar-refractivity contribution in [2.24, 2.45) is 11.7 Å². The van der Waals surface area contributed by atoms with Crippen molar-refractivity contribution in [3.05, 3.63) is 11.8 Å². The van der Waals surface area contributed by atoms with E-state index >= 15 is 0 Å². The lowest BCUT2D eigenvalue weighted by Crippen LogP contribution is -2.32. The van der Waals surface area contributed by atoms with Gasteiger partial charge in [0.1, 0.15) is 0 Å². The number of thioether (sulfide) groups is 1. The summed E-state index contributed by atoms with van der Waals surface area (Å²) in [7, 11) is 0. The molecule has 1 aliphatic carbocycles. The van der Waals surface area contributed by atoms with E-state index in [1.165, 1.54) is 18.5 Å². The van der Waals surface area contributed by atoms with Gasteiger partial charge in [0.15, 0.2) is 0 Å². The normalized spacial score (nSPS) is 17.2. The number of allylic oxidation sites excluding steroid dienone is 2. The van der Waals surface area contributed by atoms with Crippen molar-refractivity contribution in [3.63, 3.8) is 0 Å². The molecule has 0 fully saturated rings. The zero-order chi connectivity index (χ0) is 13.4. The summed E-state index contributed by atoms with van der Waals surface area (Å²) in [6, 6.07) is 0. The van der Waals surface area contributed by atoms with Crippen LogP contribution in [0.4, 0.5) is 0 Å². The van der Waals surface area contributed by atoms with Crippen LogP contribution < -0.4 is 5.73 Å². The highest BCUT2D eigenvalue weighted by molar-refractivity contribution is 7.99. The summed E-state index contributed by atoms with van der Waals surface area (Å²) in [4.78, 5) is 14.1. The van der Waals surface area contributed by atoms with E-state index in [-0.39, 0.29) is 5.91 Å². The molecule has 1 amide bonds. The molecule has 1 aliphatic rings. The molecule has 104 valence electrons. The molecule has 0 spiro atoms. The number of carbonyl (C=O) groups is 1. The summed E-state index contributed by atoms with van der Waals surface area (Å²) in [5.74, 6) is 2.29. The van der Waals surface area contributed by atoms with Crippen LogP contribution in [0.25, 0.3) is 0 Å². The van der Waals surface area contributed by atoms with Crippen LogP contribution in [0.15, 0.2) is 11.8 Å². The van der Waals surface area contributed by atoms with Gasteiger partial charge in [0, 0.05) is 12.2 Å². The Morgan fingerprint density at radius 1 is 1.56 bits per heavy atom. The van der Waals surface area contributed by atoms with E-state index in [9.17, 15) is 4.79 Å². The fourth-order valence-corrected chi connectivity index (χ4v) is 3.09. The van der Waals surface area contributed by atoms with Gasteiger partial charge in [0.05, 0.1) is 5.75 Å². The van der Waals surface area contributed by atoms with Gasteiger partial charge in [0.25, 0.3) is 0 Å². The molecule has 4 heteroatoms. The zero-order valence-electron chi connectivity index (χ0n) is 11.7. The molecule has 0 aromatic carbocycles. The first-order valence-electron chi connectivity index (χ1n) is 6.96. The molecule has 1 rings (SSSR count). The first-order valence-corrected chi connectivity index (χ1v) is 8.11. The molecule has 0 aromatic heterocycles. The van der Waals surface area contributed by atoms with Crippen LogP contribution in [0, 0.1) is 5.92 Å². The second-order valence-corrected chi connectivity index (χ2v) is 5.97. The molecular formula is C14H26N2OS. The predicted molar refractivity (Wildman–Crippen MR) is 79.5 cm³/mol. The molecule has 1 atom stereocenters. The van der Waals surface area contributed by atoms with E-state index < -0.39 is 0 Å². The molecule has 0 saturated heterocycles. The number of amides is 1. The molecule has 3 nitrogen and oxygen atoms in total. The Balaban J connectivity index is 2.39. The summed E-state index contributed by atoms with van der Waals surface area (Å²) < 4.78 is 0. The van der Waals surface area contributed by atoms with Crippen molar-refractivity contribution in [2.45, 2.75) is 39.5 Å². The van der Waals surface area contributed by atoms with Crippen molar-refractivity contribution in [1.29, 1.82) is 0 Å². The average Bonchev–Trinajstić information content (AvgIpc) is 2.40. The lowest BCUT2D eigenvalue weighted by Gasteiger charge is -2.26. The van der Waals surface area contributed by atoms with Crippen LogP contribution in [0.1, 0.15) is 39.5 Å². The van der Waals surface area contributed by atoms with Crippen molar-refractivity contribution in [3.8, 4) is 0 Å². The number of hydrogen-bond acceptors (Lipinski definition) is 3. The van der Waals surface area contributed by atoms with Gasteiger partial charge in [-0.3, -0.25) is 4.79 Å². The predicted octanol–water partition coefficient (Wildman–Crippen LogP) is 2.62. The van der Waals surface area contributed by atoms with Crippen LogP contribution in [0.2, 0.25) is 0 Å². The second kappa shape index (κ2) is 8.59. The molecule has 0 bridgehead atoms. The minimum absolute atomic E-state index is 0.250. The standard InChI is InChI=1S/C14H26N2OS/c1-3-16(13-7-5-4-6-8-13)14(17)11-18-10-12(2)9-15/h7,12H,3-6,8-11,15H2,1-2H3. The summed E-state index contributed by atoms with van der Waals surface area (Å²) in [5.41, 5.74) is 6.81. The monoisotopic (exact) mass is 270 g/mol. The molecule has 0 radical (unpaired) electrons. The Morgan fingerprint density at radius 2 is 2.33 bits per heavy atom. The van der Waals surface area contributed by atoms with Gasteiger partial charge in [-0.25, -0.2) is 0 Å². The Labute approximate surface area is 115 Å². The Morgan fingerprint density at radius 3 is 2.89 bits per heavy atom. The smallest absolute Gasteiger partial charge is 0.236 e. The molecule has 1 unspecified atom stereocenters. The maximum absolute atomic E-state index is 12.2. The van der Waals surface area contributed by atoms with Crippen LogP contribution in [0.3, 0.4) is 0 Å². The van der Waals surface area contributed by atoms with Gasteiger partial charge >= 0.3 is 0 Å². The van der Waals surface area contributed by atoms with E-state index in [1.54, 1.807) is 11.8 Å². The Hall–Kier alpha value is -0.480. The van der Waals surface area contributed by atoms with Gasteiger partial charge in [-0.2, -0.15) is 11.8 Å². The van der Waals surface area contributed by atoms with Crippen molar-refractivity contribution < 1.29 is 4.79 Å². The van der Waals surface area contributed by atoms with E-state index in [1.807, 2.05) is 4.90 Å². The summed E-state index contributed by atoms with van der Waals surface area (Å²) in [5, 5.41) is 0. The van der Waals surface area contributed by atoms with Crippen molar-refractivity contribution in [1.82, 2.24) is 4.90 Å². The first kappa shape index (κ1) is 15.6. The quantitative estimate of drug-likeness (QED) is 0.773. The van der Waals surface area contributed by atoms with Gasteiger partial charge in [-0.1, -0.05) is 13.0 Å². The minimum Gasteiger partial charge on any atom is -0.330 e. The maximum Gasteiger partial charge on any atom is 0.236 e. The topological polar surface area (TPSA) is 46.3 Å². The van der Waals surface area contributed by atoms with Crippen LogP contribution in [0.5, 0.6) is 0 Å². The highest BCUT2D eigenvalue weighted by atomic mass is 32.2. The fourth-order valence-electron chi connectivity index (χ4n) is 2.10. The first-order chi connectivity index (χ1) is 8.69. The summed E-state index contributed by atoms with van der Waals surface area (Å²) >= 11 is 1.70. The molecule has 0 aliphatic heterocycles. The lowest BCUT2D eigenvalue weighted by atomic mass is 10.0. The largest absolute Gasteiger partial charge is 0.330 e. The van der Waals surface area contributed by atoms with Crippen LogP contribution in [-0.4, -0.2) is 35.4 Å². The van der Waals surface area contributed by atoms with Crippen molar-refractivity contribution >= 4 is 17.7 Å². The third kappa shape index (κ3) is 5.02. The van der Waals surface area contributed by atoms with E-state index in [4.69, 9.17) is 5.73 Å². The van der Waals surface area contributed by atoms with Gasteiger partial charge in [0.2, 0.25) is 5.91 Å². The number of nitrogens with two attached hydrogens (primary N) is 1. The second-order valence-electron chi connectivity index (χ2n) is 4.94. The molecular weight excluding hydrogens is 244 g/mol.